The molecule has 0 saturated carbocycles. The molecular formula is C16H22ClIN2. The molecule has 0 aromatic heterocycles. The number of halogens is 2. The van der Waals surface area contributed by atoms with Crippen LogP contribution in [-0.2, 0) is 0 Å². The number of nitrogen functional groups attached to an aromatic ring is 2. The normalized spacial score (nSPS) is 9.25. The molecule has 0 amide bonds. The summed E-state index contributed by atoms with van der Waals surface area (Å²) < 4.78 is 1.25. The number of hydrogen-bond acceptors (Lipinski definition) is 2. The molecule has 0 aliphatic heterocycles. The lowest BCUT2D eigenvalue weighted by atomic mass is 10.1. The quantitative estimate of drug-likeness (QED) is 0.489. The van der Waals surface area contributed by atoms with Crippen molar-refractivity contribution in [2.45, 2.75) is 27.7 Å². The van der Waals surface area contributed by atoms with Gasteiger partial charge in [0.2, 0.25) is 0 Å². The highest BCUT2D eigenvalue weighted by Gasteiger charge is 1.97. The molecule has 0 spiro atoms. The monoisotopic (exact) mass is 404 g/mol. The van der Waals surface area contributed by atoms with E-state index in [1.165, 1.54) is 14.7 Å². The number of anilines is 2. The van der Waals surface area contributed by atoms with E-state index in [0.29, 0.717) is 0 Å². The van der Waals surface area contributed by atoms with Gasteiger partial charge in [-0.2, -0.15) is 0 Å². The van der Waals surface area contributed by atoms with E-state index in [9.17, 15) is 0 Å². The van der Waals surface area contributed by atoms with E-state index in [-0.39, 0.29) is 12.4 Å². The zero-order valence-electron chi connectivity index (χ0n) is 12.3. The van der Waals surface area contributed by atoms with E-state index in [0.717, 1.165) is 22.5 Å². The van der Waals surface area contributed by atoms with Gasteiger partial charge in [0.05, 0.1) is 0 Å². The molecule has 20 heavy (non-hydrogen) atoms. The molecule has 0 unspecified atom stereocenters. The Morgan fingerprint density at radius 2 is 1.10 bits per heavy atom. The lowest BCUT2D eigenvalue weighted by molar-refractivity contribution is 1.37. The number of rotatable bonds is 0. The van der Waals surface area contributed by atoms with Crippen molar-refractivity contribution in [1.29, 1.82) is 0 Å². The van der Waals surface area contributed by atoms with Gasteiger partial charge in [0, 0.05) is 14.9 Å². The second-order valence-corrected chi connectivity index (χ2v) is 6.00. The van der Waals surface area contributed by atoms with Crippen LogP contribution in [0.3, 0.4) is 0 Å². The summed E-state index contributed by atoms with van der Waals surface area (Å²) in [5, 5.41) is 0. The summed E-state index contributed by atoms with van der Waals surface area (Å²) in [6, 6.07) is 10.2. The minimum atomic E-state index is 0. The predicted molar refractivity (Wildman–Crippen MR) is 101 cm³/mol. The molecule has 4 heteroatoms. The van der Waals surface area contributed by atoms with E-state index in [1.807, 2.05) is 45.9 Å². The topological polar surface area (TPSA) is 52.0 Å². The zero-order chi connectivity index (χ0) is 14.6. The Labute approximate surface area is 141 Å². The second-order valence-electron chi connectivity index (χ2n) is 4.76. The first kappa shape index (κ1) is 19.1. The maximum absolute atomic E-state index is 5.75. The van der Waals surface area contributed by atoms with Crippen LogP contribution in [0.15, 0.2) is 30.3 Å². The third-order valence-electron chi connectivity index (χ3n) is 3.10. The minimum Gasteiger partial charge on any atom is -0.398 e. The highest BCUT2D eigenvalue weighted by atomic mass is 127. The van der Waals surface area contributed by atoms with Crippen molar-refractivity contribution in [1.82, 2.24) is 0 Å². The van der Waals surface area contributed by atoms with Gasteiger partial charge in [-0.05, 0) is 84.7 Å². The Balaban J connectivity index is 0.000000345. The van der Waals surface area contributed by atoms with Crippen molar-refractivity contribution in [3.8, 4) is 0 Å². The molecule has 0 fully saturated rings. The summed E-state index contributed by atoms with van der Waals surface area (Å²) in [5.74, 6) is 0. The van der Waals surface area contributed by atoms with Crippen LogP contribution in [0, 0.1) is 31.3 Å². The fourth-order valence-corrected chi connectivity index (χ4v) is 2.68. The van der Waals surface area contributed by atoms with Crippen LogP contribution in [0.4, 0.5) is 11.4 Å². The van der Waals surface area contributed by atoms with E-state index in [2.05, 4.69) is 34.7 Å². The van der Waals surface area contributed by atoms with Crippen molar-refractivity contribution >= 4 is 46.4 Å². The van der Waals surface area contributed by atoms with Gasteiger partial charge in [-0.15, -0.1) is 12.4 Å². The summed E-state index contributed by atoms with van der Waals surface area (Å²) in [5.41, 5.74) is 17.9. The predicted octanol–water partition coefficient (Wildman–Crippen LogP) is 4.80. The summed E-state index contributed by atoms with van der Waals surface area (Å²) in [6.45, 7) is 8.10. The molecule has 4 N–H and O–H groups in total. The van der Waals surface area contributed by atoms with Crippen LogP contribution >= 0.6 is 35.0 Å². The molecule has 2 aromatic carbocycles. The van der Waals surface area contributed by atoms with Crippen LogP contribution in [0.25, 0.3) is 0 Å². The van der Waals surface area contributed by atoms with Gasteiger partial charge in [0.15, 0.2) is 0 Å². The van der Waals surface area contributed by atoms with E-state index in [4.69, 9.17) is 11.5 Å². The first-order chi connectivity index (χ1) is 8.82. The molecule has 2 aromatic rings. The average molecular weight is 405 g/mol. The molecule has 0 atom stereocenters. The van der Waals surface area contributed by atoms with Gasteiger partial charge in [-0.25, -0.2) is 0 Å². The smallest absolute Gasteiger partial charge is 0.0374 e. The Hall–Kier alpha value is -0.940. The number of nitrogens with two attached hydrogens (primary N) is 2. The van der Waals surface area contributed by atoms with Gasteiger partial charge < -0.3 is 11.5 Å². The lowest BCUT2D eigenvalue weighted by Gasteiger charge is -2.03. The first-order valence-electron chi connectivity index (χ1n) is 6.17. The van der Waals surface area contributed by atoms with Gasteiger partial charge in [0.1, 0.15) is 0 Å². The van der Waals surface area contributed by atoms with Crippen LogP contribution < -0.4 is 11.5 Å². The van der Waals surface area contributed by atoms with Gasteiger partial charge in [0.25, 0.3) is 0 Å². The van der Waals surface area contributed by atoms with Gasteiger partial charge >= 0.3 is 0 Å². The summed E-state index contributed by atoms with van der Waals surface area (Å²) >= 11 is 2.29. The molecule has 0 bridgehead atoms. The molecule has 0 aliphatic carbocycles. The van der Waals surface area contributed by atoms with Crippen molar-refractivity contribution in [3.05, 3.63) is 56.2 Å². The number of benzene rings is 2. The SMILES string of the molecule is Cc1cc(I)cc(C)c1N.Cc1cccc(C)c1N.Cl. The maximum atomic E-state index is 5.75. The highest BCUT2D eigenvalue weighted by molar-refractivity contribution is 14.1. The zero-order valence-corrected chi connectivity index (χ0v) is 15.3. The second kappa shape index (κ2) is 8.37. The number of para-hydroxylation sites is 1. The number of aryl methyl sites for hydroxylation is 4. The van der Waals surface area contributed by atoms with Crippen LogP contribution in [0.5, 0.6) is 0 Å². The van der Waals surface area contributed by atoms with Gasteiger partial charge in [-0.3, -0.25) is 0 Å². The van der Waals surface area contributed by atoms with Crippen molar-refractivity contribution in [3.63, 3.8) is 0 Å². The highest BCUT2D eigenvalue weighted by Crippen LogP contribution is 2.19. The Bertz CT molecular complexity index is 539. The number of hydrogen-bond donors (Lipinski definition) is 2. The average Bonchev–Trinajstić information content (AvgIpc) is 2.33. The molecule has 0 aliphatic rings. The maximum Gasteiger partial charge on any atom is 0.0374 e. The molecule has 2 nitrogen and oxygen atoms in total. The van der Waals surface area contributed by atoms with Crippen molar-refractivity contribution < 1.29 is 0 Å². The van der Waals surface area contributed by atoms with E-state index >= 15 is 0 Å². The minimum absolute atomic E-state index is 0. The third kappa shape index (κ3) is 5.21. The fourth-order valence-electron chi connectivity index (χ4n) is 1.75. The van der Waals surface area contributed by atoms with E-state index in [1.54, 1.807) is 0 Å². The van der Waals surface area contributed by atoms with Gasteiger partial charge in [-0.1, -0.05) is 18.2 Å². The van der Waals surface area contributed by atoms with Crippen LogP contribution in [0.1, 0.15) is 22.3 Å². The molecule has 110 valence electrons. The van der Waals surface area contributed by atoms with E-state index < -0.39 is 0 Å². The van der Waals surface area contributed by atoms with Crippen LogP contribution in [-0.4, -0.2) is 0 Å². The largest absolute Gasteiger partial charge is 0.398 e. The molecular weight excluding hydrogens is 383 g/mol. The molecule has 0 radical (unpaired) electrons. The molecule has 2 rings (SSSR count). The third-order valence-corrected chi connectivity index (χ3v) is 3.72. The fraction of sp³-hybridized carbons (Fsp3) is 0.250. The van der Waals surface area contributed by atoms with Crippen molar-refractivity contribution in [2.75, 3.05) is 11.5 Å². The molecule has 0 heterocycles. The Morgan fingerprint density at radius 1 is 0.750 bits per heavy atom. The molecule has 0 saturated heterocycles. The summed E-state index contributed by atoms with van der Waals surface area (Å²) in [7, 11) is 0. The summed E-state index contributed by atoms with van der Waals surface area (Å²) in [4.78, 5) is 0. The summed E-state index contributed by atoms with van der Waals surface area (Å²) in [6.07, 6.45) is 0. The standard InChI is InChI=1S/C8H10IN.C8H11N.ClH/c1-5-3-7(9)4-6(2)8(5)10;1-6-4-3-5-7(2)8(6)9;/h3-4H,10H2,1-2H3;3-5H,9H2,1-2H3;1H. The lowest BCUT2D eigenvalue weighted by Crippen LogP contribution is -1.93. The Morgan fingerprint density at radius 3 is 1.45 bits per heavy atom. The Kier molecular flexibility index (Phi) is 7.98. The first-order valence-corrected chi connectivity index (χ1v) is 7.24. The van der Waals surface area contributed by atoms with Crippen LogP contribution in [0.2, 0.25) is 0 Å². The van der Waals surface area contributed by atoms with Crippen molar-refractivity contribution in [2.24, 2.45) is 0 Å².